The van der Waals surface area contributed by atoms with E-state index in [0.29, 0.717) is 6.20 Å². The molecule has 0 aliphatic rings. The molecule has 0 radical (unpaired) electrons. The minimum atomic E-state index is -4.48. The van der Waals surface area contributed by atoms with E-state index in [-0.39, 0.29) is 17.7 Å². The zero-order valence-corrected chi connectivity index (χ0v) is 9.45. The van der Waals surface area contributed by atoms with Crippen molar-refractivity contribution in [2.45, 2.75) is 12.7 Å². The third kappa shape index (κ3) is 2.91. The molecule has 1 aromatic heterocycles. The largest absolute Gasteiger partial charge is 0.419 e. The Hall–Kier alpha value is -2.36. The molecule has 19 heavy (non-hydrogen) atoms. The van der Waals surface area contributed by atoms with Gasteiger partial charge in [0, 0.05) is 11.8 Å². The Kier molecular flexibility index (Phi) is 3.25. The average Bonchev–Trinajstić information content (AvgIpc) is 2.80. The van der Waals surface area contributed by atoms with E-state index in [4.69, 9.17) is 5.26 Å². The Morgan fingerprint density at radius 3 is 2.63 bits per heavy atom. The van der Waals surface area contributed by atoms with Crippen LogP contribution in [-0.2, 0) is 12.7 Å². The van der Waals surface area contributed by atoms with Crippen molar-refractivity contribution in [3.63, 3.8) is 0 Å². The fourth-order valence-electron chi connectivity index (χ4n) is 1.54. The third-order valence-electron chi connectivity index (χ3n) is 2.47. The van der Waals surface area contributed by atoms with Crippen LogP contribution in [-0.4, -0.2) is 9.78 Å². The zero-order valence-electron chi connectivity index (χ0n) is 9.45. The third-order valence-corrected chi connectivity index (χ3v) is 2.47. The number of benzene rings is 1. The molecule has 2 rings (SSSR count). The number of alkyl halides is 3. The fraction of sp³-hybridized carbons (Fsp3) is 0.167. The molecule has 0 N–H and O–H groups in total. The Labute approximate surface area is 105 Å². The van der Waals surface area contributed by atoms with Crippen molar-refractivity contribution in [1.29, 1.82) is 5.26 Å². The summed E-state index contributed by atoms with van der Waals surface area (Å²) >= 11 is 0. The van der Waals surface area contributed by atoms with E-state index in [1.54, 1.807) is 0 Å². The van der Waals surface area contributed by atoms with Crippen molar-refractivity contribution >= 4 is 0 Å². The molecule has 0 atom stereocenters. The molecular weight excluding hydrogens is 262 g/mol. The van der Waals surface area contributed by atoms with Gasteiger partial charge in [0.2, 0.25) is 0 Å². The second-order valence-corrected chi connectivity index (χ2v) is 3.84. The normalized spacial score (nSPS) is 11.3. The lowest BCUT2D eigenvalue weighted by molar-refractivity contribution is -0.137. The molecular formula is C12H7F4N3. The monoisotopic (exact) mass is 269 g/mol. The van der Waals surface area contributed by atoms with Gasteiger partial charge >= 0.3 is 6.18 Å². The fourth-order valence-corrected chi connectivity index (χ4v) is 1.54. The molecule has 0 aliphatic carbocycles. The van der Waals surface area contributed by atoms with Crippen molar-refractivity contribution in [1.82, 2.24) is 9.78 Å². The van der Waals surface area contributed by atoms with E-state index < -0.39 is 17.6 Å². The second-order valence-electron chi connectivity index (χ2n) is 3.84. The topological polar surface area (TPSA) is 41.6 Å². The summed E-state index contributed by atoms with van der Waals surface area (Å²) in [6.07, 6.45) is -3.02. The molecule has 0 unspecified atom stereocenters. The Morgan fingerprint density at radius 1 is 1.32 bits per heavy atom. The lowest BCUT2D eigenvalue weighted by Gasteiger charge is -2.04. The van der Waals surface area contributed by atoms with Crippen LogP contribution in [0, 0.1) is 17.1 Å². The highest BCUT2D eigenvalue weighted by Gasteiger charge is 2.32. The van der Waals surface area contributed by atoms with Gasteiger partial charge in [0.15, 0.2) is 0 Å². The van der Waals surface area contributed by atoms with Gasteiger partial charge in [-0.1, -0.05) is 0 Å². The Morgan fingerprint density at radius 2 is 2.05 bits per heavy atom. The van der Waals surface area contributed by atoms with Crippen LogP contribution in [0.2, 0.25) is 0 Å². The van der Waals surface area contributed by atoms with Gasteiger partial charge in [0.1, 0.15) is 5.82 Å². The van der Waals surface area contributed by atoms with E-state index >= 15 is 0 Å². The SMILES string of the molecule is N#Cc1ccc(F)c(Cn2cc(C(F)(F)F)cn2)c1. The summed E-state index contributed by atoms with van der Waals surface area (Å²) in [5.74, 6) is -0.594. The van der Waals surface area contributed by atoms with E-state index in [1.807, 2.05) is 6.07 Å². The summed E-state index contributed by atoms with van der Waals surface area (Å²) in [7, 11) is 0. The highest BCUT2D eigenvalue weighted by Crippen LogP contribution is 2.28. The van der Waals surface area contributed by atoms with E-state index in [1.165, 1.54) is 12.1 Å². The first-order valence-electron chi connectivity index (χ1n) is 5.18. The van der Waals surface area contributed by atoms with Crippen molar-refractivity contribution in [2.24, 2.45) is 0 Å². The van der Waals surface area contributed by atoms with E-state index in [9.17, 15) is 17.6 Å². The molecule has 1 heterocycles. The molecule has 1 aromatic carbocycles. The quantitative estimate of drug-likeness (QED) is 0.786. The molecule has 0 saturated heterocycles. The molecule has 0 aliphatic heterocycles. The number of nitriles is 1. The first-order chi connectivity index (χ1) is 8.90. The van der Waals surface area contributed by atoms with Crippen LogP contribution in [0.1, 0.15) is 16.7 Å². The maximum absolute atomic E-state index is 13.5. The number of aromatic nitrogens is 2. The van der Waals surface area contributed by atoms with Gasteiger partial charge < -0.3 is 0 Å². The Bertz CT molecular complexity index is 637. The predicted molar refractivity (Wildman–Crippen MR) is 57.4 cm³/mol. The number of hydrogen-bond acceptors (Lipinski definition) is 2. The summed E-state index contributed by atoms with van der Waals surface area (Å²) in [5, 5.41) is 12.2. The molecule has 0 fully saturated rings. The van der Waals surface area contributed by atoms with Crippen LogP contribution in [0.4, 0.5) is 17.6 Å². The van der Waals surface area contributed by atoms with Crippen molar-refractivity contribution in [3.05, 3.63) is 53.1 Å². The summed E-state index contributed by atoms with van der Waals surface area (Å²) in [4.78, 5) is 0. The smallest absolute Gasteiger partial charge is 0.268 e. The predicted octanol–water partition coefficient (Wildman–Crippen LogP) is 2.96. The van der Waals surface area contributed by atoms with E-state index in [2.05, 4.69) is 5.10 Å². The summed E-state index contributed by atoms with van der Waals surface area (Å²) in [5.41, 5.74) is -0.556. The second kappa shape index (κ2) is 4.72. The van der Waals surface area contributed by atoms with Gasteiger partial charge in [-0.3, -0.25) is 4.68 Å². The van der Waals surface area contributed by atoms with Crippen molar-refractivity contribution in [2.75, 3.05) is 0 Å². The number of nitrogens with zero attached hydrogens (tertiary/aromatic N) is 3. The van der Waals surface area contributed by atoms with E-state index in [0.717, 1.165) is 16.9 Å². The first kappa shape index (κ1) is 13.1. The van der Waals surface area contributed by atoms with Gasteiger partial charge in [-0.2, -0.15) is 23.5 Å². The van der Waals surface area contributed by atoms with Crippen LogP contribution >= 0.6 is 0 Å². The maximum Gasteiger partial charge on any atom is 0.419 e. The van der Waals surface area contributed by atoms with Gasteiger partial charge in [0.05, 0.1) is 29.9 Å². The number of hydrogen-bond donors (Lipinski definition) is 0. The minimum Gasteiger partial charge on any atom is -0.268 e. The van der Waals surface area contributed by atoms with Crippen LogP contribution in [0.3, 0.4) is 0 Å². The first-order valence-corrected chi connectivity index (χ1v) is 5.18. The van der Waals surface area contributed by atoms with Crippen LogP contribution in [0.15, 0.2) is 30.6 Å². The highest BCUT2D eigenvalue weighted by molar-refractivity contribution is 5.33. The summed E-state index contributed by atoms with van der Waals surface area (Å²) in [6, 6.07) is 5.51. The van der Waals surface area contributed by atoms with Gasteiger partial charge in [-0.05, 0) is 18.2 Å². The maximum atomic E-state index is 13.5. The molecule has 0 bridgehead atoms. The average molecular weight is 269 g/mol. The summed E-state index contributed by atoms with van der Waals surface area (Å²) < 4.78 is 51.5. The highest BCUT2D eigenvalue weighted by atomic mass is 19.4. The lowest BCUT2D eigenvalue weighted by Crippen LogP contribution is -2.05. The van der Waals surface area contributed by atoms with Gasteiger partial charge in [0.25, 0.3) is 0 Å². The van der Waals surface area contributed by atoms with Gasteiger partial charge in [-0.25, -0.2) is 4.39 Å². The van der Waals surface area contributed by atoms with Crippen molar-refractivity contribution in [3.8, 4) is 6.07 Å². The van der Waals surface area contributed by atoms with Crippen LogP contribution < -0.4 is 0 Å². The minimum absolute atomic E-state index is 0.107. The zero-order chi connectivity index (χ0) is 14.0. The lowest BCUT2D eigenvalue weighted by atomic mass is 10.1. The Balaban J connectivity index is 2.27. The molecule has 98 valence electrons. The number of halogens is 4. The molecule has 2 aromatic rings. The number of rotatable bonds is 2. The summed E-state index contributed by atoms with van der Waals surface area (Å²) in [6.45, 7) is -0.169. The molecule has 7 heteroatoms. The van der Waals surface area contributed by atoms with Gasteiger partial charge in [-0.15, -0.1) is 0 Å². The van der Waals surface area contributed by atoms with Crippen LogP contribution in [0.25, 0.3) is 0 Å². The molecule has 0 spiro atoms. The molecule has 3 nitrogen and oxygen atoms in total. The standard InChI is InChI=1S/C12H7F4N3/c13-11-2-1-8(4-17)3-9(11)6-19-7-10(5-18-19)12(14,15)16/h1-3,5,7H,6H2. The molecule has 0 amide bonds. The molecule has 0 saturated carbocycles. The van der Waals surface area contributed by atoms with Crippen molar-refractivity contribution < 1.29 is 17.6 Å². The van der Waals surface area contributed by atoms with Crippen LogP contribution in [0.5, 0.6) is 0 Å².